The monoisotopic (exact) mass is 387 g/mol. The van der Waals surface area contributed by atoms with Crippen molar-refractivity contribution < 1.29 is 9.21 Å². The standard InChI is InChI=1S/C17H22ClN3O3.ClH/c1-11-4-6-20(13(8-11)10-19)16(22)5-7-21-14-3-2-12(18)9-15(14)24-17(21)23;/h2-3,9,11,13H,4-8,10,19H2,1H3;1H. The van der Waals surface area contributed by atoms with Crippen LogP contribution in [-0.2, 0) is 11.3 Å². The Morgan fingerprint density at radius 3 is 2.92 bits per heavy atom. The van der Waals surface area contributed by atoms with Crippen LogP contribution in [0.25, 0.3) is 11.1 Å². The van der Waals surface area contributed by atoms with Crippen LogP contribution in [0.15, 0.2) is 27.4 Å². The predicted octanol–water partition coefficient (Wildman–Crippen LogP) is 2.65. The van der Waals surface area contributed by atoms with E-state index in [1.165, 1.54) is 4.57 Å². The maximum atomic E-state index is 12.6. The molecule has 0 spiro atoms. The number of aryl methyl sites for hydroxylation is 1. The summed E-state index contributed by atoms with van der Waals surface area (Å²) in [6, 6.07) is 5.14. The zero-order valence-electron chi connectivity index (χ0n) is 14.1. The van der Waals surface area contributed by atoms with Gasteiger partial charge in [-0.15, -0.1) is 12.4 Å². The minimum absolute atomic E-state index is 0. The zero-order valence-corrected chi connectivity index (χ0v) is 15.7. The van der Waals surface area contributed by atoms with Gasteiger partial charge in [-0.2, -0.15) is 0 Å². The molecular weight excluding hydrogens is 365 g/mol. The molecule has 25 heavy (non-hydrogen) atoms. The lowest BCUT2D eigenvalue weighted by atomic mass is 9.92. The molecule has 6 nitrogen and oxygen atoms in total. The Bertz CT molecular complexity index is 802. The van der Waals surface area contributed by atoms with E-state index in [1.54, 1.807) is 18.2 Å². The van der Waals surface area contributed by atoms with E-state index in [4.69, 9.17) is 21.8 Å². The number of likely N-dealkylation sites (tertiary alicyclic amines) is 1. The normalized spacial score (nSPS) is 20.5. The van der Waals surface area contributed by atoms with E-state index in [0.717, 1.165) is 19.4 Å². The molecule has 2 N–H and O–H groups in total. The highest BCUT2D eigenvalue weighted by Gasteiger charge is 2.28. The first-order valence-electron chi connectivity index (χ1n) is 8.28. The topological polar surface area (TPSA) is 81.5 Å². The van der Waals surface area contributed by atoms with E-state index in [9.17, 15) is 9.59 Å². The number of carbonyl (C=O) groups excluding carboxylic acids is 1. The molecule has 1 amide bonds. The Morgan fingerprint density at radius 2 is 2.20 bits per heavy atom. The number of halogens is 2. The smallest absolute Gasteiger partial charge is 0.408 e. The molecule has 1 aromatic heterocycles. The molecule has 2 aromatic rings. The third-order valence-electron chi connectivity index (χ3n) is 4.75. The number of amides is 1. The van der Waals surface area contributed by atoms with Crippen LogP contribution >= 0.6 is 24.0 Å². The van der Waals surface area contributed by atoms with Gasteiger partial charge >= 0.3 is 5.76 Å². The predicted molar refractivity (Wildman–Crippen MR) is 100 cm³/mol. The molecule has 2 unspecified atom stereocenters. The van der Waals surface area contributed by atoms with Gasteiger partial charge in [0.25, 0.3) is 0 Å². The van der Waals surface area contributed by atoms with Gasteiger partial charge in [-0.25, -0.2) is 4.79 Å². The molecule has 3 rings (SSSR count). The Kier molecular flexibility index (Phi) is 6.54. The molecule has 0 bridgehead atoms. The lowest BCUT2D eigenvalue weighted by molar-refractivity contribution is -0.135. The fourth-order valence-corrected chi connectivity index (χ4v) is 3.57. The average Bonchev–Trinajstić information content (AvgIpc) is 2.86. The summed E-state index contributed by atoms with van der Waals surface area (Å²) in [5, 5.41) is 0.507. The van der Waals surface area contributed by atoms with Crippen LogP contribution in [0.3, 0.4) is 0 Å². The van der Waals surface area contributed by atoms with Crippen LogP contribution in [0.4, 0.5) is 0 Å². The number of carbonyl (C=O) groups is 1. The summed E-state index contributed by atoms with van der Waals surface area (Å²) >= 11 is 5.91. The molecule has 0 aliphatic carbocycles. The third-order valence-corrected chi connectivity index (χ3v) is 4.99. The zero-order chi connectivity index (χ0) is 17.3. The summed E-state index contributed by atoms with van der Waals surface area (Å²) in [5.74, 6) is 0.156. The van der Waals surface area contributed by atoms with E-state index < -0.39 is 5.76 Å². The van der Waals surface area contributed by atoms with Gasteiger partial charge in [0.1, 0.15) is 0 Å². The summed E-state index contributed by atoms with van der Waals surface area (Å²) in [5.41, 5.74) is 6.91. The second-order valence-corrected chi connectivity index (χ2v) is 6.92. The minimum atomic E-state index is -0.470. The lowest BCUT2D eigenvalue weighted by Gasteiger charge is -2.38. The maximum Gasteiger partial charge on any atom is 0.419 e. The third kappa shape index (κ3) is 4.19. The Morgan fingerprint density at radius 1 is 1.44 bits per heavy atom. The highest BCUT2D eigenvalue weighted by molar-refractivity contribution is 6.31. The van der Waals surface area contributed by atoms with Gasteiger partial charge in [0.2, 0.25) is 5.91 Å². The molecule has 2 heterocycles. The largest absolute Gasteiger partial charge is 0.419 e. The quantitative estimate of drug-likeness (QED) is 0.873. The van der Waals surface area contributed by atoms with Gasteiger partial charge in [0, 0.05) is 43.2 Å². The van der Waals surface area contributed by atoms with Crippen LogP contribution in [0.5, 0.6) is 0 Å². The summed E-state index contributed by atoms with van der Waals surface area (Å²) in [6.07, 6.45) is 2.19. The first-order valence-corrected chi connectivity index (χ1v) is 8.66. The Hall–Kier alpha value is -1.50. The van der Waals surface area contributed by atoms with E-state index in [-0.39, 0.29) is 37.3 Å². The molecule has 1 aliphatic rings. The SMILES string of the molecule is CC1CCN(C(=O)CCn2c(=O)oc3cc(Cl)ccc32)C(CN)C1.Cl. The first kappa shape index (κ1) is 19.8. The second-order valence-electron chi connectivity index (χ2n) is 6.49. The van der Waals surface area contributed by atoms with Crippen molar-refractivity contribution in [2.45, 2.75) is 38.8 Å². The van der Waals surface area contributed by atoms with Crippen LogP contribution in [-0.4, -0.2) is 34.5 Å². The van der Waals surface area contributed by atoms with Gasteiger partial charge in [-0.05, 0) is 30.9 Å². The van der Waals surface area contributed by atoms with Crippen molar-refractivity contribution in [2.24, 2.45) is 11.7 Å². The maximum absolute atomic E-state index is 12.6. The number of nitrogens with two attached hydrogens (primary N) is 1. The molecule has 0 radical (unpaired) electrons. The van der Waals surface area contributed by atoms with Crippen molar-refractivity contribution in [3.05, 3.63) is 33.8 Å². The molecule has 8 heteroatoms. The fraction of sp³-hybridized carbons (Fsp3) is 0.529. The summed E-state index contributed by atoms with van der Waals surface area (Å²) in [7, 11) is 0. The number of hydrogen-bond acceptors (Lipinski definition) is 4. The van der Waals surface area contributed by atoms with Crippen LogP contribution in [0.1, 0.15) is 26.2 Å². The Labute approximate surface area is 157 Å². The molecule has 138 valence electrons. The van der Waals surface area contributed by atoms with Crippen molar-refractivity contribution in [3.8, 4) is 0 Å². The Balaban J connectivity index is 0.00000225. The summed E-state index contributed by atoms with van der Waals surface area (Å²) in [4.78, 5) is 26.4. The van der Waals surface area contributed by atoms with Gasteiger partial charge in [0.15, 0.2) is 5.58 Å². The highest BCUT2D eigenvalue weighted by atomic mass is 35.5. The van der Waals surface area contributed by atoms with E-state index in [1.807, 2.05) is 4.90 Å². The number of oxazole rings is 1. The van der Waals surface area contributed by atoms with Crippen LogP contribution in [0.2, 0.25) is 5.02 Å². The van der Waals surface area contributed by atoms with Gasteiger partial charge in [0.05, 0.1) is 5.52 Å². The molecule has 1 saturated heterocycles. The van der Waals surface area contributed by atoms with Gasteiger partial charge < -0.3 is 15.1 Å². The molecule has 1 fully saturated rings. The van der Waals surface area contributed by atoms with Gasteiger partial charge in [-0.3, -0.25) is 9.36 Å². The van der Waals surface area contributed by atoms with E-state index >= 15 is 0 Å². The van der Waals surface area contributed by atoms with Crippen molar-refractivity contribution in [2.75, 3.05) is 13.1 Å². The number of piperidine rings is 1. The molecule has 1 aromatic carbocycles. The van der Waals surface area contributed by atoms with E-state index in [2.05, 4.69) is 6.92 Å². The molecular formula is C17H23Cl2N3O3. The number of rotatable bonds is 4. The van der Waals surface area contributed by atoms with Crippen molar-refractivity contribution in [1.29, 1.82) is 0 Å². The first-order chi connectivity index (χ1) is 11.5. The summed E-state index contributed by atoms with van der Waals surface area (Å²) < 4.78 is 6.67. The fourth-order valence-electron chi connectivity index (χ4n) is 3.41. The van der Waals surface area contributed by atoms with Crippen molar-refractivity contribution >= 4 is 41.0 Å². The van der Waals surface area contributed by atoms with Crippen molar-refractivity contribution in [1.82, 2.24) is 9.47 Å². The number of benzene rings is 1. The molecule has 2 atom stereocenters. The number of hydrogen-bond donors (Lipinski definition) is 1. The molecule has 0 saturated carbocycles. The minimum Gasteiger partial charge on any atom is -0.408 e. The second kappa shape index (κ2) is 8.25. The van der Waals surface area contributed by atoms with Gasteiger partial charge in [-0.1, -0.05) is 18.5 Å². The number of aromatic nitrogens is 1. The van der Waals surface area contributed by atoms with E-state index in [0.29, 0.717) is 28.6 Å². The number of fused-ring (bicyclic) bond motifs is 1. The van der Waals surface area contributed by atoms with Crippen molar-refractivity contribution in [3.63, 3.8) is 0 Å². The average molecular weight is 388 g/mol. The lowest BCUT2D eigenvalue weighted by Crippen LogP contribution is -2.49. The van der Waals surface area contributed by atoms with Crippen LogP contribution in [0, 0.1) is 5.92 Å². The highest BCUT2D eigenvalue weighted by Crippen LogP contribution is 2.23. The number of nitrogens with zero attached hydrogens (tertiary/aromatic N) is 2. The molecule has 1 aliphatic heterocycles. The summed E-state index contributed by atoms with van der Waals surface area (Å²) in [6.45, 7) is 3.68. The van der Waals surface area contributed by atoms with Crippen LogP contribution < -0.4 is 11.5 Å².